The van der Waals surface area contributed by atoms with E-state index in [0.29, 0.717) is 11.1 Å². The summed E-state index contributed by atoms with van der Waals surface area (Å²) in [5.41, 5.74) is 1.88. The molecule has 0 radical (unpaired) electrons. The first-order valence-corrected chi connectivity index (χ1v) is 6.65. The summed E-state index contributed by atoms with van der Waals surface area (Å²) in [7, 11) is 1.89. The van der Waals surface area contributed by atoms with Crippen LogP contribution >= 0.6 is 0 Å². The number of hydrogen-bond donors (Lipinski definition) is 1. The molecule has 3 rings (SSSR count). The molecule has 0 fully saturated rings. The van der Waals surface area contributed by atoms with Crippen LogP contribution in [0.5, 0.6) is 0 Å². The van der Waals surface area contributed by atoms with Crippen LogP contribution in [0, 0.1) is 18.6 Å². The Morgan fingerprint density at radius 2 is 1.95 bits per heavy atom. The van der Waals surface area contributed by atoms with E-state index in [0.717, 1.165) is 23.5 Å². The Hall–Kier alpha value is -2.76. The Labute approximate surface area is 125 Å². The van der Waals surface area contributed by atoms with Crippen LogP contribution in [-0.2, 0) is 7.05 Å². The average molecular weight is 301 g/mol. The maximum absolute atomic E-state index is 13.6. The molecular formula is C16H13F2N3O. The fourth-order valence-electron chi connectivity index (χ4n) is 2.25. The van der Waals surface area contributed by atoms with Crippen LogP contribution in [0.4, 0.5) is 14.5 Å². The first-order chi connectivity index (χ1) is 10.5. The van der Waals surface area contributed by atoms with Gasteiger partial charge in [-0.3, -0.25) is 4.79 Å². The molecule has 0 bridgehead atoms. The predicted octanol–water partition coefficient (Wildman–Crippen LogP) is 3.41. The van der Waals surface area contributed by atoms with Gasteiger partial charge in [-0.05, 0) is 37.3 Å². The number of halogens is 2. The highest BCUT2D eigenvalue weighted by atomic mass is 19.1. The molecule has 4 nitrogen and oxygen atoms in total. The van der Waals surface area contributed by atoms with Crippen LogP contribution in [0.2, 0.25) is 0 Å². The first kappa shape index (κ1) is 14.2. The summed E-state index contributed by atoms with van der Waals surface area (Å²) in [5, 5.41) is 2.42. The van der Waals surface area contributed by atoms with Crippen LogP contribution in [0.15, 0.2) is 36.4 Å². The Bertz CT molecular complexity index is 886. The van der Waals surface area contributed by atoms with Gasteiger partial charge < -0.3 is 9.88 Å². The van der Waals surface area contributed by atoms with Crippen molar-refractivity contribution in [3.05, 3.63) is 59.4 Å². The fraction of sp³-hybridized carbons (Fsp3) is 0.125. The van der Waals surface area contributed by atoms with E-state index in [2.05, 4.69) is 10.3 Å². The molecule has 1 N–H and O–H groups in total. The number of benzene rings is 2. The highest BCUT2D eigenvalue weighted by molar-refractivity contribution is 6.06. The van der Waals surface area contributed by atoms with Crippen LogP contribution in [0.1, 0.15) is 16.2 Å². The highest BCUT2D eigenvalue weighted by Gasteiger charge is 2.12. The summed E-state index contributed by atoms with van der Waals surface area (Å²) in [6, 6.07) is 8.06. The van der Waals surface area contributed by atoms with Crippen molar-refractivity contribution in [2.45, 2.75) is 6.92 Å². The Kier molecular flexibility index (Phi) is 3.36. The van der Waals surface area contributed by atoms with Gasteiger partial charge in [0.25, 0.3) is 5.91 Å². The number of anilines is 1. The number of fused-ring (bicyclic) bond motifs is 1. The minimum atomic E-state index is -0.817. The minimum absolute atomic E-state index is 0.0660. The number of amides is 1. The molecule has 0 aliphatic carbocycles. The maximum atomic E-state index is 13.6. The summed E-state index contributed by atoms with van der Waals surface area (Å²) in [5.74, 6) is -1.16. The molecule has 2 aromatic carbocycles. The molecule has 3 aromatic rings. The summed E-state index contributed by atoms with van der Waals surface area (Å²) in [6.45, 7) is 1.87. The van der Waals surface area contributed by atoms with Crippen molar-refractivity contribution in [2.24, 2.45) is 7.05 Å². The lowest BCUT2D eigenvalue weighted by atomic mass is 10.2. The Balaban J connectivity index is 1.91. The van der Waals surface area contributed by atoms with E-state index in [-0.39, 0.29) is 5.69 Å². The zero-order valence-electron chi connectivity index (χ0n) is 12.0. The van der Waals surface area contributed by atoms with Gasteiger partial charge in [0, 0.05) is 18.7 Å². The average Bonchev–Trinajstić information content (AvgIpc) is 2.76. The van der Waals surface area contributed by atoms with Crippen molar-refractivity contribution in [2.75, 3.05) is 5.32 Å². The highest BCUT2D eigenvalue weighted by Crippen LogP contribution is 2.19. The van der Waals surface area contributed by atoms with Gasteiger partial charge in [-0.25, -0.2) is 13.8 Å². The number of nitrogens with zero attached hydrogens (tertiary/aromatic N) is 2. The van der Waals surface area contributed by atoms with Crippen molar-refractivity contribution in [3.63, 3.8) is 0 Å². The van der Waals surface area contributed by atoms with Crippen molar-refractivity contribution in [3.8, 4) is 0 Å². The monoisotopic (exact) mass is 301 g/mol. The number of rotatable bonds is 2. The lowest BCUT2D eigenvalue weighted by molar-refractivity contribution is 0.102. The third-order valence-electron chi connectivity index (χ3n) is 3.55. The lowest BCUT2D eigenvalue weighted by Crippen LogP contribution is -2.13. The zero-order chi connectivity index (χ0) is 15.9. The van der Waals surface area contributed by atoms with Gasteiger partial charge in [0.1, 0.15) is 17.5 Å². The van der Waals surface area contributed by atoms with E-state index in [1.54, 1.807) is 18.2 Å². The number of aryl methyl sites for hydroxylation is 2. The molecule has 0 saturated heterocycles. The van der Waals surface area contributed by atoms with Gasteiger partial charge in [-0.15, -0.1) is 0 Å². The van der Waals surface area contributed by atoms with Crippen molar-refractivity contribution in [1.82, 2.24) is 9.55 Å². The molecule has 0 saturated carbocycles. The summed E-state index contributed by atoms with van der Waals surface area (Å²) in [4.78, 5) is 16.5. The van der Waals surface area contributed by atoms with Gasteiger partial charge in [0.2, 0.25) is 0 Å². The quantitative estimate of drug-likeness (QED) is 0.788. The fourth-order valence-corrected chi connectivity index (χ4v) is 2.25. The van der Waals surface area contributed by atoms with Crippen LogP contribution in [0.3, 0.4) is 0 Å². The van der Waals surface area contributed by atoms with Crippen LogP contribution < -0.4 is 5.32 Å². The van der Waals surface area contributed by atoms with Crippen molar-refractivity contribution < 1.29 is 13.6 Å². The van der Waals surface area contributed by atoms with Gasteiger partial charge in [0.15, 0.2) is 0 Å². The topological polar surface area (TPSA) is 46.9 Å². The van der Waals surface area contributed by atoms with Crippen LogP contribution in [-0.4, -0.2) is 15.5 Å². The third kappa shape index (κ3) is 2.43. The van der Waals surface area contributed by atoms with E-state index in [1.807, 2.05) is 18.5 Å². The molecule has 1 aromatic heterocycles. The van der Waals surface area contributed by atoms with E-state index in [9.17, 15) is 13.6 Å². The zero-order valence-corrected chi connectivity index (χ0v) is 12.0. The number of carbonyl (C=O) groups excluding carboxylic acids is 1. The molecule has 1 heterocycles. The second-order valence-corrected chi connectivity index (χ2v) is 5.00. The number of imidazole rings is 1. The molecule has 0 spiro atoms. The molecule has 6 heteroatoms. The minimum Gasteiger partial charge on any atom is -0.331 e. The SMILES string of the molecule is Cc1nc2cc(C(=O)Nc3ccc(F)cc3F)ccc2n1C. The summed E-state index contributed by atoms with van der Waals surface area (Å²) < 4.78 is 28.3. The first-order valence-electron chi connectivity index (χ1n) is 6.65. The second-order valence-electron chi connectivity index (χ2n) is 5.00. The molecule has 0 unspecified atom stereocenters. The van der Waals surface area contributed by atoms with Gasteiger partial charge in [-0.2, -0.15) is 0 Å². The van der Waals surface area contributed by atoms with Crippen LogP contribution in [0.25, 0.3) is 11.0 Å². The summed E-state index contributed by atoms with van der Waals surface area (Å²) in [6.07, 6.45) is 0. The van der Waals surface area contributed by atoms with E-state index in [1.165, 1.54) is 6.07 Å². The number of aromatic nitrogens is 2. The normalized spacial score (nSPS) is 10.9. The molecule has 0 atom stereocenters. The lowest BCUT2D eigenvalue weighted by Gasteiger charge is -2.06. The van der Waals surface area contributed by atoms with Gasteiger partial charge in [0.05, 0.1) is 16.7 Å². The van der Waals surface area contributed by atoms with Crippen molar-refractivity contribution >= 4 is 22.6 Å². The van der Waals surface area contributed by atoms with Gasteiger partial charge >= 0.3 is 0 Å². The number of nitrogens with one attached hydrogen (secondary N) is 1. The smallest absolute Gasteiger partial charge is 0.255 e. The van der Waals surface area contributed by atoms with E-state index < -0.39 is 17.5 Å². The molecule has 0 aliphatic heterocycles. The summed E-state index contributed by atoms with van der Waals surface area (Å²) >= 11 is 0. The molecular weight excluding hydrogens is 288 g/mol. The maximum Gasteiger partial charge on any atom is 0.255 e. The molecule has 1 amide bonds. The molecule has 22 heavy (non-hydrogen) atoms. The largest absolute Gasteiger partial charge is 0.331 e. The number of hydrogen-bond acceptors (Lipinski definition) is 2. The Morgan fingerprint density at radius 1 is 1.18 bits per heavy atom. The second kappa shape index (κ2) is 5.22. The Morgan fingerprint density at radius 3 is 2.68 bits per heavy atom. The standard InChI is InChI=1S/C16H13F2N3O/c1-9-19-14-7-10(3-6-15(14)21(9)2)16(22)20-13-5-4-11(17)8-12(13)18/h3-8H,1-2H3,(H,20,22). The number of carbonyl (C=O) groups is 1. The van der Waals surface area contributed by atoms with E-state index in [4.69, 9.17) is 0 Å². The van der Waals surface area contributed by atoms with Crippen molar-refractivity contribution in [1.29, 1.82) is 0 Å². The van der Waals surface area contributed by atoms with Gasteiger partial charge in [-0.1, -0.05) is 0 Å². The predicted molar refractivity (Wildman–Crippen MR) is 79.8 cm³/mol. The van der Waals surface area contributed by atoms with E-state index >= 15 is 0 Å². The third-order valence-corrected chi connectivity index (χ3v) is 3.55. The molecule has 112 valence electrons. The molecule has 0 aliphatic rings.